The number of anilines is 2. The van der Waals surface area contributed by atoms with Gasteiger partial charge < -0.3 is 20.1 Å². The molecule has 14 heteroatoms. The van der Waals surface area contributed by atoms with Crippen molar-refractivity contribution in [2.24, 2.45) is 0 Å². The number of pyridine rings is 1. The summed E-state index contributed by atoms with van der Waals surface area (Å²) in [5.41, 5.74) is 1.87. The number of benzene rings is 1. The molecule has 41 heavy (non-hydrogen) atoms. The van der Waals surface area contributed by atoms with Crippen molar-refractivity contribution in [2.45, 2.75) is 36.6 Å². The summed E-state index contributed by atoms with van der Waals surface area (Å²) < 4.78 is 87.7. The topological polar surface area (TPSA) is 113 Å². The lowest BCUT2D eigenvalue weighted by atomic mass is 10.0. The molecule has 1 aromatic carbocycles. The van der Waals surface area contributed by atoms with E-state index in [-0.39, 0.29) is 29.1 Å². The largest absolute Gasteiger partial charge is 0.406 e. The van der Waals surface area contributed by atoms with Crippen molar-refractivity contribution in [1.82, 2.24) is 14.5 Å². The summed E-state index contributed by atoms with van der Waals surface area (Å²) >= 11 is 0. The number of hydrogen-bond donors (Lipinski definition) is 2. The Morgan fingerprint density at radius 2 is 1.80 bits per heavy atom. The molecule has 3 aromatic rings. The molecule has 222 valence electrons. The van der Waals surface area contributed by atoms with Gasteiger partial charge in [0.25, 0.3) is 0 Å². The highest BCUT2D eigenvalue weighted by atomic mass is 32.2. The summed E-state index contributed by atoms with van der Waals surface area (Å²) in [7, 11) is -6.46. The molecule has 2 aromatic heterocycles. The average Bonchev–Trinajstić information content (AvgIpc) is 3.22. The Morgan fingerprint density at radius 1 is 1.07 bits per heavy atom. The zero-order valence-electron chi connectivity index (χ0n) is 22.7. The van der Waals surface area contributed by atoms with Crippen LogP contribution in [0.1, 0.15) is 18.5 Å². The van der Waals surface area contributed by atoms with Crippen molar-refractivity contribution in [1.29, 1.82) is 0 Å². The van der Waals surface area contributed by atoms with Crippen LogP contribution in [0, 0.1) is 11.8 Å². The third kappa shape index (κ3) is 8.85. The Labute approximate surface area is 238 Å². The molecule has 4 rings (SSSR count). The molecule has 1 aliphatic heterocycles. The van der Waals surface area contributed by atoms with E-state index in [4.69, 9.17) is 0 Å². The lowest BCUT2D eigenvalue weighted by molar-refractivity contribution is -0.140. The van der Waals surface area contributed by atoms with E-state index in [1.54, 1.807) is 24.3 Å². The van der Waals surface area contributed by atoms with Crippen LogP contribution in [-0.4, -0.2) is 87.9 Å². The Morgan fingerprint density at radius 3 is 2.41 bits per heavy atom. The predicted octanol–water partition coefficient (Wildman–Crippen LogP) is 3.39. The van der Waals surface area contributed by atoms with Crippen LogP contribution in [0.4, 0.5) is 24.5 Å². The SMILES string of the molecule is CS(=O)(=O)CCN1CCC(Nc2cccc3c2cc(C#CCNc2ccc(S(C)(=O)=O)nc2)n3CC(F)(F)F)CC1. The maximum Gasteiger partial charge on any atom is 0.406 e. The van der Waals surface area contributed by atoms with Crippen LogP contribution >= 0.6 is 0 Å². The molecular formula is C27H32F3N5O4S2. The first-order valence-corrected chi connectivity index (χ1v) is 16.9. The van der Waals surface area contributed by atoms with Gasteiger partial charge in [-0.05, 0) is 49.1 Å². The van der Waals surface area contributed by atoms with Gasteiger partial charge in [0.05, 0.1) is 35.4 Å². The quantitative estimate of drug-likeness (QED) is 0.354. The summed E-state index contributed by atoms with van der Waals surface area (Å²) in [4.78, 5) is 6.00. The third-order valence-electron chi connectivity index (χ3n) is 6.72. The molecule has 0 unspecified atom stereocenters. The molecule has 1 aliphatic rings. The summed E-state index contributed by atoms with van der Waals surface area (Å²) in [5, 5.41) is 7.01. The van der Waals surface area contributed by atoms with E-state index in [9.17, 15) is 30.0 Å². The minimum absolute atomic E-state index is 0.0623. The number of piperidine rings is 1. The second-order valence-electron chi connectivity index (χ2n) is 10.2. The Kier molecular flexibility index (Phi) is 9.20. The second kappa shape index (κ2) is 12.3. The number of likely N-dealkylation sites (tertiary alicyclic amines) is 1. The highest BCUT2D eigenvalue weighted by Gasteiger charge is 2.30. The number of nitrogens with one attached hydrogen (secondary N) is 2. The number of fused-ring (bicyclic) bond motifs is 1. The van der Waals surface area contributed by atoms with Crippen LogP contribution in [0.25, 0.3) is 10.9 Å². The summed E-state index contributed by atoms with van der Waals surface area (Å²) in [6.45, 7) is 0.868. The molecule has 2 N–H and O–H groups in total. The number of alkyl halides is 3. The molecule has 0 atom stereocenters. The highest BCUT2D eigenvalue weighted by Crippen LogP contribution is 2.31. The Hall–Kier alpha value is -3.28. The van der Waals surface area contributed by atoms with Gasteiger partial charge in [0.15, 0.2) is 14.9 Å². The average molecular weight is 612 g/mol. The van der Waals surface area contributed by atoms with Gasteiger partial charge in [0.1, 0.15) is 16.4 Å². The number of sulfone groups is 2. The van der Waals surface area contributed by atoms with Crippen LogP contribution in [-0.2, 0) is 26.2 Å². The summed E-state index contributed by atoms with van der Waals surface area (Å²) in [6, 6.07) is 9.84. The van der Waals surface area contributed by atoms with Crippen molar-refractivity contribution >= 4 is 42.0 Å². The van der Waals surface area contributed by atoms with Gasteiger partial charge in [0.2, 0.25) is 0 Å². The summed E-state index contributed by atoms with van der Waals surface area (Å²) in [6.07, 6.45) is 0.745. The van der Waals surface area contributed by atoms with Crippen LogP contribution in [0.5, 0.6) is 0 Å². The lowest BCUT2D eigenvalue weighted by Gasteiger charge is -2.32. The molecule has 0 amide bonds. The first-order valence-electron chi connectivity index (χ1n) is 12.9. The number of nitrogens with zero attached hydrogens (tertiary/aromatic N) is 3. The van der Waals surface area contributed by atoms with Crippen LogP contribution < -0.4 is 10.6 Å². The van der Waals surface area contributed by atoms with Gasteiger partial charge in [-0.2, -0.15) is 13.2 Å². The van der Waals surface area contributed by atoms with Crippen LogP contribution in [0.3, 0.4) is 0 Å². The number of aromatic nitrogens is 2. The van der Waals surface area contributed by atoms with Crippen molar-refractivity contribution in [3.05, 3.63) is 48.3 Å². The van der Waals surface area contributed by atoms with Crippen LogP contribution in [0.2, 0.25) is 0 Å². The van der Waals surface area contributed by atoms with E-state index in [1.165, 1.54) is 18.5 Å². The molecule has 0 spiro atoms. The van der Waals surface area contributed by atoms with E-state index >= 15 is 0 Å². The molecule has 1 saturated heterocycles. The molecule has 3 heterocycles. The normalized spacial score (nSPS) is 15.4. The van der Waals surface area contributed by atoms with E-state index in [1.807, 2.05) is 6.07 Å². The number of hydrogen-bond acceptors (Lipinski definition) is 8. The van der Waals surface area contributed by atoms with E-state index < -0.39 is 32.4 Å². The monoisotopic (exact) mass is 611 g/mol. The zero-order valence-corrected chi connectivity index (χ0v) is 24.3. The van der Waals surface area contributed by atoms with Gasteiger partial charge in [-0.25, -0.2) is 21.8 Å². The molecular weight excluding hydrogens is 579 g/mol. The Bertz CT molecular complexity index is 1650. The highest BCUT2D eigenvalue weighted by molar-refractivity contribution is 7.90. The Balaban J connectivity index is 1.49. The second-order valence-corrected chi connectivity index (χ2v) is 14.4. The van der Waals surface area contributed by atoms with Gasteiger partial charge in [-0.15, -0.1) is 0 Å². The number of rotatable bonds is 9. The zero-order chi connectivity index (χ0) is 29.8. The van der Waals surface area contributed by atoms with Crippen LogP contribution in [0.15, 0.2) is 47.6 Å². The fourth-order valence-corrected chi connectivity index (χ4v) is 5.81. The van der Waals surface area contributed by atoms with Gasteiger partial charge in [0, 0.05) is 49.3 Å². The maximum absolute atomic E-state index is 13.5. The first-order chi connectivity index (χ1) is 19.2. The molecule has 0 bridgehead atoms. The molecule has 1 fully saturated rings. The van der Waals surface area contributed by atoms with E-state index in [0.29, 0.717) is 23.1 Å². The summed E-state index contributed by atoms with van der Waals surface area (Å²) in [5.74, 6) is 5.80. The fourth-order valence-electron chi connectivity index (χ4n) is 4.66. The minimum atomic E-state index is -4.45. The predicted molar refractivity (Wildman–Crippen MR) is 154 cm³/mol. The number of halogens is 3. The molecule has 0 radical (unpaired) electrons. The van der Waals surface area contributed by atoms with Crippen molar-refractivity contribution < 1.29 is 30.0 Å². The van der Waals surface area contributed by atoms with Crippen molar-refractivity contribution in [3.8, 4) is 11.8 Å². The van der Waals surface area contributed by atoms with Crippen molar-refractivity contribution in [3.63, 3.8) is 0 Å². The standard InChI is InChI=1S/C27H32F3N5O4S2/c1-40(36,37)16-15-34-13-10-20(11-14-34)33-24-6-3-7-25-23(24)17-22(35(25)19-27(28,29)30)5-4-12-31-21-8-9-26(32-18-21)41(2,38)39/h3,6-9,17-18,20,31,33H,10-16,19H2,1-2H3. The van der Waals surface area contributed by atoms with Gasteiger partial charge in [-0.3, -0.25) is 0 Å². The van der Waals surface area contributed by atoms with E-state index in [2.05, 4.69) is 32.4 Å². The van der Waals surface area contributed by atoms with Gasteiger partial charge in [-0.1, -0.05) is 12.0 Å². The first kappa shape index (κ1) is 30.7. The maximum atomic E-state index is 13.5. The van der Waals surface area contributed by atoms with Gasteiger partial charge >= 0.3 is 6.18 Å². The third-order valence-corrected chi connectivity index (χ3v) is 8.65. The molecule has 0 saturated carbocycles. The fraction of sp³-hybridized carbons (Fsp3) is 0.444. The lowest BCUT2D eigenvalue weighted by Crippen LogP contribution is -2.41. The molecule has 9 nitrogen and oxygen atoms in total. The smallest absolute Gasteiger partial charge is 0.382 e. The minimum Gasteiger partial charge on any atom is -0.382 e. The molecule has 0 aliphatic carbocycles. The van der Waals surface area contributed by atoms with E-state index in [0.717, 1.165) is 42.4 Å². The van der Waals surface area contributed by atoms with Crippen molar-refractivity contribution in [2.75, 3.05) is 55.1 Å².